The zero-order valence-electron chi connectivity index (χ0n) is 12.4. The van der Waals surface area contributed by atoms with Crippen LogP contribution < -0.4 is 9.47 Å². The Labute approximate surface area is 120 Å². The quantitative estimate of drug-likeness (QED) is 0.795. The van der Waals surface area contributed by atoms with Crippen LogP contribution in [0.5, 0.6) is 11.5 Å². The van der Waals surface area contributed by atoms with Gasteiger partial charge in [-0.3, -0.25) is 0 Å². The van der Waals surface area contributed by atoms with Crippen molar-refractivity contribution in [3.05, 3.63) is 23.8 Å². The van der Waals surface area contributed by atoms with Gasteiger partial charge < -0.3 is 9.47 Å². The molecule has 0 aliphatic heterocycles. The number of nitriles is 2. The molecule has 1 atom stereocenters. The van der Waals surface area contributed by atoms with Gasteiger partial charge in [-0.15, -0.1) is 0 Å². The highest BCUT2D eigenvalue weighted by atomic mass is 16.5. The fourth-order valence-electron chi connectivity index (χ4n) is 2.38. The zero-order valence-corrected chi connectivity index (χ0v) is 12.4. The minimum Gasteiger partial charge on any atom is -0.493 e. The molecule has 0 fully saturated rings. The number of ether oxygens (including phenoxy) is 2. The Hall–Kier alpha value is -2.20. The summed E-state index contributed by atoms with van der Waals surface area (Å²) in [6.45, 7) is 3.99. The fourth-order valence-corrected chi connectivity index (χ4v) is 2.38. The van der Waals surface area contributed by atoms with Gasteiger partial charge in [0.1, 0.15) is 0 Å². The molecule has 1 aromatic rings. The Kier molecular flexibility index (Phi) is 5.41. The van der Waals surface area contributed by atoms with Crippen LogP contribution in [0.4, 0.5) is 0 Å². The van der Waals surface area contributed by atoms with Crippen LogP contribution in [0.1, 0.15) is 32.3 Å². The molecular formula is C16H20N2O2. The van der Waals surface area contributed by atoms with Crippen LogP contribution in [0.15, 0.2) is 18.2 Å². The predicted molar refractivity (Wildman–Crippen MR) is 76.5 cm³/mol. The molecular weight excluding hydrogens is 252 g/mol. The van der Waals surface area contributed by atoms with Crippen LogP contribution in [-0.4, -0.2) is 14.2 Å². The maximum Gasteiger partial charge on any atom is 0.161 e. The molecule has 0 N–H and O–H groups in total. The van der Waals surface area contributed by atoms with Crippen LogP contribution in [0.25, 0.3) is 0 Å². The van der Waals surface area contributed by atoms with E-state index in [9.17, 15) is 5.26 Å². The third-order valence-corrected chi connectivity index (χ3v) is 3.71. The van der Waals surface area contributed by atoms with Crippen molar-refractivity contribution < 1.29 is 9.47 Å². The normalized spacial score (nSPS) is 13.2. The summed E-state index contributed by atoms with van der Waals surface area (Å²) in [6.07, 6.45) is 0.854. The second-order valence-corrected chi connectivity index (χ2v) is 4.97. The smallest absolute Gasteiger partial charge is 0.161 e. The van der Waals surface area contributed by atoms with Gasteiger partial charge in [-0.2, -0.15) is 10.5 Å². The van der Waals surface area contributed by atoms with Crippen molar-refractivity contribution in [2.24, 2.45) is 5.92 Å². The van der Waals surface area contributed by atoms with Gasteiger partial charge in [0.25, 0.3) is 0 Å². The Morgan fingerprint density at radius 1 is 1.15 bits per heavy atom. The van der Waals surface area contributed by atoms with Crippen molar-refractivity contribution in [1.82, 2.24) is 0 Å². The van der Waals surface area contributed by atoms with Gasteiger partial charge in [-0.05, 0) is 30.0 Å². The molecule has 0 aliphatic rings. The number of nitrogens with zero attached hydrogens (tertiary/aromatic N) is 2. The average Bonchev–Trinajstić information content (AvgIpc) is 2.47. The summed E-state index contributed by atoms with van der Waals surface area (Å²) in [5.41, 5.74) is 0.179. The Morgan fingerprint density at radius 2 is 1.80 bits per heavy atom. The van der Waals surface area contributed by atoms with E-state index in [1.54, 1.807) is 20.3 Å². The highest BCUT2D eigenvalue weighted by molar-refractivity contribution is 5.47. The van der Waals surface area contributed by atoms with Crippen LogP contribution in [0.3, 0.4) is 0 Å². The first kappa shape index (κ1) is 15.9. The molecule has 0 saturated heterocycles. The Morgan fingerprint density at radius 3 is 2.25 bits per heavy atom. The molecule has 1 unspecified atom stereocenters. The summed E-state index contributed by atoms with van der Waals surface area (Å²) >= 11 is 0. The lowest BCUT2D eigenvalue weighted by atomic mass is 9.70. The number of benzene rings is 1. The molecule has 0 saturated carbocycles. The summed E-state index contributed by atoms with van der Waals surface area (Å²) in [5.74, 6) is 1.33. The molecule has 0 heterocycles. The molecule has 0 spiro atoms. The largest absolute Gasteiger partial charge is 0.493 e. The van der Waals surface area contributed by atoms with Gasteiger partial charge in [-0.1, -0.05) is 19.9 Å². The molecule has 1 aromatic carbocycles. The lowest BCUT2D eigenvalue weighted by molar-refractivity contribution is 0.346. The summed E-state index contributed by atoms with van der Waals surface area (Å²) in [7, 11) is 3.15. The summed E-state index contributed by atoms with van der Waals surface area (Å²) < 4.78 is 10.5. The van der Waals surface area contributed by atoms with Gasteiger partial charge in [0.15, 0.2) is 11.5 Å². The second-order valence-electron chi connectivity index (χ2n) is 4.97. The minimum absolute atomic E-state index is 0.0963. The molecule has 0 aliphatic carbocycles. The predicted octanol–water partition coefficient (Wildman–Crippen LogP) is 3.42. The number of hydrogen-bond donors (Lipinski definition) is 0. The summed E-state index contributed by atoms with van der Waals surface area (Å²) in [5, 5.41) is 18.5. The molecule has 0 radical (unpaired) electrons. The SMILES string of the molecule is COc1ccc(C(C#N)(CCC#N)C(C)C)cc1OC. The van der Waals surface area contributed by atoms with E-state index in [4.69, 9.17) is 14.7 Å². The lowest BCUT2D eigenvalue weighted by Crippen LogP contribution is -2.30. The summed E-state index contributed by atoms with van der Waals surface area (Å²) in [4.78, 5) is 0. The fraction of sp³-hybridized carbons (Fsp3) is 0.500. The van der Waals surface area contributed by atoms with Crippen molar-refractivity contribution in [1.29, 1.82) is 10.5 Å². The Bertz CT molecular complexity index is 540. The van der Waals surface area contributed by atoms with Gasteiger partial charge in [-0.25, -0.2) is 0 Å². The van der Waals surface area contributed by atoms with Gasteiger partial charge in [0.05, 0.1) is 31.8 Å². The first-order valence-electron chi connectivity index (χ1n) is 6.56. The highest BCUT2D eigenvalue weighted by Crippen LogP contribution is 2.40. The maximum atomic E-state index is 9.69. The standard InChI is InChI=1S/C16H20N2O2/c1-12(2)16(11-18,8-5-9-17)13-6-7-14(19-3)15(10-13)20-4/h6-7,10,12H,5,8H2,1-4H3. The number of rotatable bonds is 6. The molecule has 20 heavy (non-hydrogen) atoms. The summed E-state index contributed by atoms with van der Waals surface area (Å²) in [6, 6.07) is 10.0. The van der Waals surface area contributed by atoms with E-state index < -0.39 is 5.41 Å². The molecule has 4 heteroatoms. The maximum absolute atomic E-state index is 9.69. The van der Waals surface area contributed by atoms with E-state index in [0.29, 0.717) is 24.3 Å². The van der Waals surface area contributed by atoms with E-state index in [-0.39, 0.29) is 5.92 Å². The van der Waals surface area contributed by atoms with Crippen molar-refractivity contribution >= 4 is 0 Å². The molecule has 0 aromatic heterocycles. The topological polar surface area (TPSA) is 66.0 Å². The molecule has 0 amide bonds. The molecule has 1 rings (SSSR count). The minimum atomic E-state index is -0.685. The average molecular weight is 272 g/mol. The molecule has 106 valence electrons. The lowest BCUT2D eigenvalue weighted by Gasteiger charge is -2.31. The van der Waals surface area contributed by atoms with Crippen LogP contribution >= 0.6 is 0 Å². The number of hydrogen-bond acceptors (Lipinski definition) is 4. The van der Waals surface area contributed by atoms with Crippen molar-refractivity contribution in [3.63, 3.8) is 0 Å². The second kappa shape index (κ2) is 6.82. The van der Waals surface area contributed by atoms with Gasteiger partial charge in [0, 0.05) is 6.42 Å². The third-order valence-electron chi connectivity index (χ3n) is 3.71. The van der Waals surface area contributed by atoms with E-state index in [0.717, 1.165) is 5.56 Å². The van der Waals surface area contributed by atoms with Crippen LogP contribution in [0, 0.1) is 28.6 Å². The van der Waals surface area contributed by atoms with Crippen LogP contribution in [-0.2, 0) is 5.41 Å². The van der Waals surface area contributed by atoms with E-state index in [1.807, 2.05) is 26.0 Å². The van der Waals surface area contributed by atoms with E-state index in [2.05, 4.69) is 12.1 Å². The molecule has 4 nitrogen and oxygen atoms in total. The van der Waals surface area contributed by atoms with Gasteiger partial charge >= 0.3 is 0 Å². The third kappa shape index (κ3) is 2.86. The first-order valence-corrected chi connectivity index (χ1v) is 6.56. The van der Waals surface area contributed by atoms with Crippen molar-refractivity contribution in [3.8, 4) is 23.6 Å². The van der Waals surface area contributed by atoms with E-state index >= 15 is 0 Å². The Balaban J connectivity index is 3.35. The first-order chi connectivity index (χ1) is 9.55. The zero-order chi connectivity index (χ0) is 15.2. The van der Waals surface area contributed by atoms with E-state index in [1.165, 1.54) is 0 Å². The van der Waals surface area contributed by atoms with Gasteiger partial charge in [0.2, 0.25) is 0 Å². The van der Waals surface area contributed by atoms with Crippen LogP contribution in [0.2, 0.25) is 0 Å². The van der Waals surface area contributed by atoms with Crippen molar-refractivity contribution in [2.75, 3.05) is 14.2 Å². The highest BCUT2D eigenvalue weighted by Gasteiger charge is 2.36. The number of methoxy groups -OCH3 is 2. The molecule has 0 bridgehead atoms. The monoisotopic (exact) mass is 272 g/mol. The van der Waals surface area contributed by atoms with Crippen molar-refractivity contribution in [2.45, 2.75) is 32.1 Å².